The molecule has 0 aromatic carbocycles. The van der Waals surface area contributed by atoms with E-state index in [1.165, 1.54) is 25.7 Å². The third kappa shape index (κ3) is 2.35. The maximum atomic E-state index is 12.4. The number of nitrogens with two attached hydrogens (primary N) is 1. The normalized spacial score (nSPS) is 36.6. The number of carbonyl (C=O) groups excluding carboxylic acids is 1. The molecule has 3 aliphatic rings. The predicted molar refractivity (Wildman–Crippen MR) is 71.2 cm³/mol. The Bertz CT molecular complexity index is 314. The van der Waals surface area contributed by atoms with Crippen LogP contribution in [0, 0.1) is 11.8 Å². The lowest BCUT2D eigenvalue weighted by molar-refractivity contribution is 0.150. The smallest absolute Gasteiger partial charge is 0.320 e. The molecule has 0 spiro atoms. The number of likely N-dealkylation sites (tertiary alicyclic amines) is 2. The van der Waals surface area contributed by atoms with Gasteiger partial charge in [-0.25, -0.2) is 4.79 Å². The fourth-order valence-electron chi connectivity index (χ4n) is 3.91. The lowest BCUT2D eigenvalue weighted by Crippen LogP contribution is -2.44. The van der Waals surface area contributed by atoms with Gasteiger partial charge >= 0.3 is 6.03 Å². The zero-order valence-corrected chi connectivity index (χ0v) is 11.2. The lowest BCUT2D eigenvalue weighted by atomic mass is 9.79. The maximum absolute atomic E-state index is 12.4. The van der Waals surface area contributed by atoms with Crippen molar-refractivity contribution in [3.05, 3.63) is 0 Å². The molecule has 102 valence electrons. The van der Waals surface area contributed by atoms with Crippen LogP contribution in [0.15, 0.2) is 0 Å². The fraction of sp³-hybridized carbons (Fsp3) is 0.929. The van der Waals surface area contributed by atoms with Gasteiger partial charge in [-0.2, -0.15) is 0 Å². The van der Waals surface area contributed by atoms with Crippen molar-refractivity contribution in [2.24, 2.45) is 17.6 Å². The summed E-state index contributed by atoms with van der Waals surface area (Å²) in [6, 6.07) is 0.661. The second kappa shape index (κ2) is 5.08. The van der Waals surface area contributed by atoms with Gasteiger partial charge in [0.1, 0.15) is 0 Å². The average molecular weight is 251 g/mol. The molecule has 0 radical (unpaired) electrons. The van der Waals surface area contributed by atoms with Crippen LogP contribution in [0.3, 0.4) is 0 Å². The van der Waals surface area contributed by atoms with Crippen molar-refractivity contribution in [1.82, 2.24) is 9.80 Å². The molecular formula is C14H25N3O. The molecule has 0 aromatic rings. The van der Waals surface area contributed by atoms with Gasteiger partial charge in [0.25, 0.3) is 0 Å². The molecule has 18 heavy (non-hydrogen) atoms. The van der Waals surface area contributed by atoms with Crippen LogP contribution in [-0.4, -0.2) is 48.1 Å². The molecule has 4 heteroatoms. The first kappa shape index (κ1) is 12.3. The van der Waals surface area contributed by atoms with Gasteiger partial charge in [0.05, 0.1) is 0 Å². The second-order valence-electron chi connectivity index (χ2n) is 6.33. The molecule has 2 heterocycles. The Morgan fingerprint density at radius 2 is 1.67 bits per heavy atom. The Hall–Kier alpha value is -0.770. The minimum Gasteiger partial charge on any atom is -0.328 e. The molecular weight excluding hydrogens is 226 g/mol. The highest BCUT2D eigenvalue weighted by Crippen LogP contribution is 2.36. The summed E-state index contributed by atoms with van der Waals surface area (Å²) in [5.41, 5.74) is 6.04. The van der Waals surface area contributed by atoms with E-state index in [0.717, 1.165) is 44.9 Å². The molecule has 4 nitrogen and oxygen atoms in total. The minimum absolute atomic E-state index is 0.290. The summed E-state index contributed by atoms with van der Waals surface area (Å²) < 4.78 is 0. The molecule has 2 N–H and O–H groups in total. The Morgan fingerprint density at radius 1 is 0.944 bits per heavy atom. The van der Waals surface area contributed by atoms with Crippen molar-refractivity contribution in [2.75, 3.05) is 26.2 Å². The Balaban J connectivity index is 1.59. The molecule has 3 rings (SSSR count). The number of amides is 2. The van der Waals surface area contributed by atoms with Crippen molar-refractivity contribution < 1.29 is 4.79 Å². The van der Waals surface area contributed by atoms with Crippen molar-refractivity contribution >= 4 is 6.03 Å². The van der Waals surface area contributed by atoms with E-state index in [2.05, 4.69) is 9.80 Å². The van der Waals surface area contributed by atoms with Gasteiger partial charge in [-0.3, -0.25) is 0 Å². The summed E-state index contributed by atoms with van der Waals surface area (Å²) >= 11 is 0. The first-order valence-electron chi connectivity index (χ1n) is 7.53. The first-order valence-corrected chi connectivity index (χ1v) is 7.53. The standard InChI is InChI=1S/C14H25N3O/c15-13-5-4-11-9-17(10-12(11)8-13)14(18)16-6-2-1-3-7-16/h11-13H,1-10,15H2/t11-,12+,13?/m1/s1. The van der Waals surface area contributed by atoms with E-state index in [1.807, 2.05) is 0 Å². The predicted octanol–water partition coefficient (Wildman–Crippen LogP) is 1.65. The zero-order valence-electron chi connectivity index (χ0n) is 11.2. The Labute approximate surface area is 109 Å². The highest BCUT2D eigenvalue weighted by Gasteiger charge is 2.39. The van der Waals surface area contributed by atoms with Gasteiger partial charge < -0.3 is 15.5 Å². The number of hydrogen-bond acceptors (Lipinski definition) is 2. The van der Waals surface area contributed by atoms with Crippen LogP contribution in [0.1, 0.15) is 38.5 Å². The third-order valence-corrected chi connectivity index (χ3v) is 4.99. The van der Waals surface area contributed by atoms with E-state index in [4.69, 9.17) is 5.73 Å². The van der Waals surface area contributed by atoms with Crippen LogP contribution in [0.25, 0.3) is 0 Å². The van der Waals surface area contributed by atoms with E-state index in [0.29, 0.717) is 12.0 Å². The third-order valence-electron chi connectivity index (χ3n) is 4.99. The van der Waals surface area contributed by atoms with Crippen LogP contribution in [-0.2, 0) is 0 Å². The summed E-state index contributed by atoms with van der Waals surface area (Å²) in [6.45, 7) is 3.86. The molecule has 1 aliphatic carbocycles. The van der Waals surface area contributed by atoms with Crippen molar-refractivity contribution in [3.63, 3.8) is 0 Å². The SMILES string of the molecule is NC1CC[C@@H]2CN(C(=O)N3CCCCC3)C[C@@H]2C1. The highest BCUT2D eigenvalue weighted by molar-refractivity contribution is 5.75. The Kier molecular flexibility index (Phi) is 3.46. The van der Waals surface area contributed by atoms with Crippen molar-refractivity contribution in [2.45, 2.75) is 44.6 Å². The molecule has 2 amide bonds. The van der Waals surface area contributed by atoms with Crippen LogP contribution >= 0.6 is 0 Å². The summed E-state index contributed by atoms with van der Waals surface area (Å²) in [6.07, 6.45) is 7.12. The number of carbonyl (C=O) groups is 1. The largest absolute Gasteiger partial charge is 0.328 e. The average Bonchev–Trinajstić information content (AvgIpc) is 2.81. The van der Waals surface area contributed by atoms with Gasteiger partial charge in [-0.15, -0.1) is 0 Å². The van der Waals surface area contributed by atoms with Crippen LogP contribution in [0.4, 0.5) is 4.79 Å². The lowest BCUT2D eigenvalue weighted by Gasteiger charge is -2.31. The monoisotopic (exact) mass is 251 g/mol. The molecule has 3 fully saturated rings. The number of piperidine rings is 1. The number of urea groups is 1. The van der Waals surface area contributed by atoms with Gasteiger partial charge in [-0.1, -0.05) is 0 Å². The molecule has 0 bridgehead atoms. The van der Waals surface area contributed by atoms with Crippen LogP contribution < -0.4 is 5.73 Å². The highest BCUT2D eigenvalue weighted by atomic mass is 16.2. The van der Waals surface area contributed by atoms with Crippen LogP contribution in [0.2, 0.25) is 0 Å². The molecule has 2 saturated heterocycles. The summed E-state index contributed by atoms with van der Waals surface area (Å²) in [4.78, 5) is 16.6. The van der Waals surface area contributed by atoms with E-state index in [9.17, 15) is 4.79 Å². The molecule has 2 aliphatic heterocycles. The molecule has 3 atom stereocenters. The maximum Gasteiger partial charge on any atom is 0.320 e. The van der Waals surface area contributed by atoms with Crippen molar-refractivity contribution in [3.8, 4) is 0 Å². The quantitative estimate of drug-likeness (QED) is 0.711. The first-order chi connectivity index (χ1) is 8.74. The van der Waals surface area contributed by atoms with Crippen LogP contribution in [0.5, 0.6) is 0 Å². The van der Waals surface area contributed by atoms with Gasteiger partial charge in [0, 0.05) is 32.2 Å². The molecule has 0 aromatic heterocycles. The molecule has 1 unspecified atom stereocenters. The van der Waals surface area contributed by atoms with E-state index in [-0.39, 0.29) is 6.03 Å². The summed E-state index contributed by atoms with van der Waals surface area (Å²) in [5.74, 6) is 1.39. The molecule has 1 saturated carbocycles. The number of fused-ring (bicyclic) bond motifs is 1. The van der Waals surface area contributed by atoms with E-state index >= 15 is 0 Å². The minimum atomic E-state index is 0.290. The Morgan fingerprint density at radius 3 is 2.44 bits per heavy atom. The van der Waals surface area contributed by atoms with Gasteiger partial charge in [-0.05, 0) is 50.4 Å². The fourth-order valence-corrected chi connectivity index (χ4v) is 3.91. The number of nitrogens with zero attached hydrogens (tertiary/aromatic N) is 2. The van der Waals surface area contributed by atoms with Gasteiger partial charge in [0.15, 0.2) is 0 Å². The summed E-state index contributed by atoms with van der Waals surface area (Å²) in [7, 11) is 0. The topological polar surface area (TPSA) is 49.6 Å². The van der Waals surface area contributed by atoms with Gasteiger partial charge in [0.2, 0.25) is 0 Å². The number of rotatable bonds is 0. The zero-order chi connectivity index (χ0) is 12.5. The second-order valence-corrected chi connectivity index (χ2v) is 6.33. The van der Waals surface area contributed by atoms with E-state index in [1.54, 1.807) is 0 Å². The summed E-state index contributed by atoms with van der Waals surface area (Å²) in [5, 5.41) is 0. The number of hydrogen-bond donors (Lipinski definition) is 1. The van der Waals surface area contributed by atoms with Crippen molar-refractivity contribution in [1.29, 1.82) is 0 Å². The van der Waals surface area contributed by atoms with E-state index < -0.39 is 0 Å².